The van der Waals surface area contributed by atoms with Crippen LogP contribution < -0.4 is 5.32 Å². The summed E-state index contributed by atoms with van der Waals surface area (Å²) in [5, 5.41) is 19.7. The van der Waals surface area contributed by atoms with Crippen LogP contribution in [-0.4, -0.2) is 38.5 Å². The molecule has 2 aromatic rings. The standard InChI is InChI=1S/C22H32N4O3/c1-2-3-5-8-18-11-13-19(14-12-18)22(29)23-15-16-26-17-20(24-25-26)9-6-4-7-10-21(27)28/h11-14,17H,2-10,15-16H2,1H3,(H,23,29)(H,27,28). The number of unbranched alkanes of at least 4 members (excludes halogenated alkanes) is 4. The van der Waals surface area contributed by atoms with Crippen molar-refractivity contribution in [3.8, 4) is 0 Å². The number of amides is 1. The lowest BCUT2D eigenvalue weighted by Gasteiger charge is -2.06. The van der Waals surface area contributed by atoms with Crippen LogP contribution in [0.4, 0.5) is 0 Å². The lowest BCUT2D eigenvalue weighted by Crippen LogP contribution is -2.27. The summed E-state index contributed by atoms with van der Waals surface area (Å²) in [4.78, 5) is 22.7. The Bertz CT molecular complexity index is 756. The van der Waals surface area contributed by atoms with E-state index in [1.54, 1.807) is 4.68 Å². The SMILES string of the molecule is CCCCCc1ccc(C(=O)NCCn2cc(CCCCCC(=O)O)nn2)cc1. The van der Waals surface area contributed by atoms with Gasteiger partial charge >= 0.3 is 5.97 Å². The third kappa shape index (κ3) is 8.89. The van der Waals surface area contributed by atoms with Crippen LogP contribution in [0.2, 0.25) is 0 Å². The summed E-state index contributed by atoms with van der Waals surface area (Å²) in [6.07, 6.45) is 10.0. The molecule has 0 saturated carbocycles. The zero-order chi connectivity index (χ0) is 20.9. The van der Waals surface area contributed by atoms with Crippen LogP contribution in [-0.2, 0) is 24.2 Å². The first-order valence-corrected chi connectivity index (χ1v) is 10.6. The maximum absolute atomic E-state index is 12.3. The number of carbonyl (C=O) groups excluding carboxylic acids is 1. The number of carbonyl (C=O) groups is 2. The number of nitrogens with zero attached hydrogens (tertiary/aromatic N) is 3. The summed E-state index contributed by atoms with van der Waals surface area (Å²) >= 11 is 0. The van der Waals surface area contributed by atoms with Gasteiger partial charge in [0.1, 0.15) is 0 Å². The van der Waals surface area contributed by atoms with E-state index in [0.717, 1.165) is 31.4 Å². The highest BCUT2D eigenvalue weighted by atomic mass is 16.4. The minimum absolute atomic E-state index is 0.0797. The molecular formula is C22H32N4O3. The highest BCUT2D eigenvalue weighted by molar-refractivity contribution is 5.94. The third-order valence-corrected chi connectivity index (χ3v) is 4.82. The second-order valence-electron chi connectivity index (χ2n) is 7.34. The van der Waals surface area contributed by atoms with E-state index < -0.39 is 5.97 Å². The van der Waals surface area contributed by atoms with Crippen LogP contribution in [0.1, 0.15) is 73.5 Å². The van der Waals surface area contributed by atoms with Crippen molar-refractivity contribution >= 4 is 11.9 Å². The first-order valence-electron chi connectivity index (χ1n) is 10.6. The molecule has 1 aromatic heterocycles. The van der Waals surface area contributed by atoms with E-state index in [4.69, 9.17) is 5.11 Å². The maximum Gasteiger partial charge on any atom is 0.303 e. The van der Waals surface area contributed by atoms with Crippen molar-refractivity contribution in [3.05, 3.63) is 47.3 Å². The first kappa shape index (κ1) is 22.6. The largest absolute Gasteiger partial charge is 0.481 e. The number of aliphatic carboxylic acids is 1. The zero-order valence-electron chi connectivity index (χ0n) is 17.3. The molecule has 158 valence electrons. The van der Waals surface area contributed by atoms with Gasteiger partial charge in [0.05, 0.1) is 12.2 Å². The highest BCUT2D eigenvalue weighted by Crippen LogP contribution is 2.09. The quantitative estimate of drug-likeness (QED) is 0.472. The molecule has 0 bridgehead atoms. The van der Waals surface area contributed by atoms with Gasteiger partial charge in [0.25, 0.3) is 5.91 Å². The van der Waals surface area contributed by atoms with Crippen LogP contribution in [0.15, 0.2) is 30.5 Å². The van der Waals surface area contributed by atoms with Gasteiger partial charge in [-0.1, -0.05) is 43.5 Å². The molecule has 7 heteroatoms. The Morgan fingerprint density at radius 3 is 2.52 bits per heavy atom. The minimum Gasteiger partial charge on any atom is -0.481 e. The topological polar surface area (TPSA) is 97.1 Å². The molecule has 0 aliphatic carbocycles. The Morgan fingerprint density at radius 2 is 1.79 bits per heavy atom. The molecule has 0 radical (unpaired) electrons. The number of aryl methyl sites for hydroxylation is 2. The van der Waals surface area contributed by atoms with E-state index in [1.165, 1.54) is 24.8 Å². The Kier molecular flexibility index (Phi) is 9.89. The molecule has 1 heterocycles. The predicted molar refractivity (Wildman–Crippen MR) is 112 cm³/mol. The Hall–Kier alpha value is -2.70. The van der Waals surface area contributed by atoms with Gasteiger partial charge in [-0.25, -0.2) is 0 Å². The third-order valence-electron chi connectivity index (χ3n) is 4.82. The molecule has 7 nitrogen and oxygen atoms in total. The van der Waals surface area contributed by atoms with Crippen LogP contribution in [0.25, 0.3) is 0 Å². The molecule has 0 saturated heterocycles. The van der Waals surface area contributed by atoms with Crippen molar-refractivity contribution in [2.75, 3.05) is 6.54 Å². The van der Waals surface area contributed by atoms with Gasteiger partial charge in [-0.3, -0.25) is 14.3 Å². The van der Waals surface area contributed by atoms with Gasteiger partial charge in [-0.2, -0.15) is 0 Å². The molecule has 1 amide bonds. The fourth-order valence-electron chi connectivity index (χ4n) is 3.11. The van der Waals surface area contributed by atoms with E-state index in [0.29, 0.717) is 25.1 Å². The molecule has 0 atom stereocenters. The number of aromatic nitrogens is 3. The Labute approximate surface area is 172 Å². The summed E-state index contributed by atoms with van der Waals surface area (Å²) in [5.74, 6) is -0.829. The molecule has 0 aliphatic rings. The molecule has 2 N–H and O–H groups in total. The van der Waals surface area contributed by atoms with E-state index in [1.807, 2.05) is 30.5 Å². The van der Waals surface area contributed by atoms with Gasteiger partial charge in [0.15, 0.2) is 0 Å². The average molecular weight is 401 g/mol. The van der Waals surface area contributed by atoms with Gasteiger partial charge in [0.2, 0.25) is 0 Å². The van der Waals surface area contributed by atoms with E-state index >= 15 is 0 Å². The number of hydrogen-bond donors (Lipinski definition) is 2. The van der Waals surface area contributed by atoms with Crippen LogP contribution in [0, 0.1) is 0 Å². The molecule has 1 aromatic carbocycles. The zero-order valence-corrected chi connectivity index (χ0v) is 17.3. The number of rotatable bonds is 14. The predicted octanol–water partition coefficient (Wildman–Crippen LogP) is 3.63. The van der Waals surface area contributed by atoms with Gasteiger partial charge in [-0.05, 0) is 49.8 Å². The second-order valence-corrected chi connectivity index (χ2v) is 7.34. The van der Waals surface area contributed by atoms with Crippen molar-refractivity contribution < 1.29 is 14.7 Å². The van der Waals surface area contributed by atoms with Crippen LogP contribution in [0.3, 0.4) is 0 Å². The van der Waals surface area contributed by atoms with E-state index in [-0.39, 0.29) is 12.3 Å². The molecule has 0 aliphatic heterocycles. The Morgan fingerprint density at radius 1 is 1.03 bits per heavy atom. The van der Waals surface area contributed by atoms with Gasteiger partial charge in [-0.15, -0.1) is 5.10 Å². The van der Waals surface area contributed by atoms with Crippen molar-refractivity contribution in [2.24, 2.45) is 0 Å². The summed E-state index contributed by atoms with van der Waals surface area (Å²) < 4.78 is 1.73. The lowest BCUT2D eigenvalue weighted by molar-refractivity contribution is -0.137. The summed E-state index contributed by atoms with van der Waals surface area (Å²) in [6, 6.07) is 7.83. The van der Waals surface area contributed by atoms with Crippen molar-refractivity contribution in [1.82, 2.24) is 20.3 Å². The van der Waals surface area contributed by atoms with E-state index in [9.17, 15) is 9.59 Å². The molecule has 2 rings (SSSR count). The average Bonchev–Trinajstić information content (AvgIpc) is 3.16. The minimum atomic E-state index is -0.749. The Balaban J connectivity index is 1.65. The van der Waals surface area contributed by atoms with Gasteiger partial charge in [0, 0.05) is 24.7 Å². The smallest absolute Gasteiger partial charge is 0.303 e. The molecule has 0 unspecified atom stereocenters. The van der Waals surface area contributed by atoms with Crippen LogP contribution in [0.5, 0.6) is 0 Å². The second kappa shape index (κ2) is 12.7. The highest BCUT2D eigenvalue weighted by Gasteiger charge is 2.06. The maximum atomic E-state index is 12.3. The van der Waals surface area contributed by atoms with Crippen LogP contribution >= 0.6 is 0 Å². The van der Waals surface area contributed by atoms with Crippen molar-refractivity contribution in [2.45, 2.75) is 71.3 Å². The number of benzene rings is 1. The monoisotopic (exact) mass is 400 g/mol. The van der Waals surface area contributed by atoms with Gasteiger partial charge < -0.3 is 10.4 Å². The number of carboxylic acid groups (broad SMARTS) is 1. The molecule has 29 heavy (non-hydrogen) atoms. The fraction of sp³-hybridized carbons (Fsp3) is 0.545. The van der Waals surface area contributed by atoms with Crippen molar-refractivity contribution in [3.63, 3.8) is 0 Å². The number of carboxylic acids is 1. The number of hydrogen-bond acceptors (Lipinski definition) is 4. The molecular weight excluding hydrogens is 368 g/mol. The number of nitrogens with one attached hydrogen (secondary N) is 1. The van der Waals surface area contributed by atoms with Crippen molar-refractivity contribution in [1.29, 1.82) is 0 Å². The summed E-state index contributed by atoms with van der Waals surface area (Å²) in [6.45, 7) is 3.24. The summed E-state index contributed by atoms with van der Waals surface area (Å²) in [5.41, 5.74) is 2.84. The first-order chi connectivity index (χ1) is 14.1. The fourth-order valence-corrected chi connectivity index (χ4v) is 3.11. The molecule has 0 fully saturated rings. The normalized spacial score (nSPS) is 10.8. The summed E-state index contributed by atoms with van der Waals surface area (Å²) in [7, 11) is 0. The lowest BCUT2D eigenvalue weighted by atomic mass is 10.1. The molecule has 0 spiro atoms. The van der Waals surface area contributed by atoms with E-state index in [2.05, 4.69) is 22.6 Å².